The fraction of sp³-hybridized carbons (Fsp3) is 0.478. The quantitative estimate of drug-likeness (QED) is 0.573. The number of aliphatic imine (C=N–C) groups is 2. The number of likely N-dealkylation sites (tertiary alicyclic amines) is 1. The number of carbonyl (C=O) groups excluding carboxylic acids is 1. The van der Waals surface area contributed by atoms with Gasteiger partial charge in [-0.1, -0.05) is 0 Å². The topological polar surface area (TPSA) is 126 Å². The van der Waals surface area contributed by atoms with E-state index in [9.17, 15) is 9.59 Å². The van der Waals surface area contributed by atoms with Gasteiger partial charge >= 0.3 is 0 Å². The zero-order chi connectivity index (χ0) is 23.5. The van der Waals surface area contributed by atoms with E-state index in [1.165, 1.54) is 6.20 Å². The van der Waals surface area contributed by atoms with Crippen LogP contribution < -0.4 is 20.9 Å². The Morgan fingerprint density at radius 2 is 2.00 bits per heavy atom. The van der Waals surface area contributed by atoms with Crippen molar-refractivity contribution >= 4 is 41.1 Å². The Balaban J connectivity index is 0.00000289. The van der Waals surface area contributed by atoms with Crippen molar-refractivity contribution in [3.05, 3.63) is 40.5 Å². The van der Waals surface area contributed by atoms with E-state index < -0.39 is 0 Å². The van der Waals surface area contributed by atoms with Crippen LogP contribution in [-0.4, -0.2) is 76.3 Å². The van der Waals surface area contributed by atoms with Gasteiger partial charge in [0.05, 0.1) is 19.9 Å². The molecule has 2 aromatic heterocycles. The zero-order valence-corrected chi connectivity index (χ0v) is 20.4. The van der Waals surface area contributed by atoms with Gasteiger partial charge in [0.25, 0.3) is 5.56 Å². The maximum atomic E-state index is 12.4. The first-order chi connectivity index (χ1) is 16.6. The lowest BCUT2D eigenvalue weighted by Gasteiger charge is -2.33. The summed E-state index contributed by atoms with van der Waals surface area (Å²) in [4.78, 5) is 43.6. The third-order valence-corrected chi connectivity index (χ3v) is 6.45. The number of hydrogen-bond donors (Lipinski definition) is 2. The molecule has 0 radical (unpaired) electrons. The molecule has 11 nitrogen and oxygen atoms in total. The Kier molecular flexibility index (Phi) is 7.89. The smallest absolute Gasteiger partial charge is 0.270 e. The number of methoxy groups -OCH3 is 1. The molecule has 0 aromatic carbocycles. The highest BCUT2D eigenvalue weighted by Gasteiger charge is 2.23. The van der Waals surface area contributed by atoms with Crippen LogP contribution in [0.15, 0.2) is 44.9 Å². The first-order valence-electron chi connectivity index (χ1n) is 11.6. The lowest BCUT2D eigenvalue weighted by molar-refractivity contribution is -0.117. The molecule has 3 aliphatic rings. The van der Waals surface area contributed by atoms with Gasteiger partial charge in [0.1, 0.15) is 17.2 Å². The zero-order valence-electron chi connectivity index (χ0n) is 19.6. The van der Waals surface area contributed by atoms with E-state index in [1.807, 2.05) is 12.3 Å². The number of nitrogens with one attached hydrogen (secondary N) is 2. The van der Waals surface area contributed by atoms with Crippen molar-refractivity contribution in [2.45, 2.75) is 38.3 Å². The Morgan fingerprint density at radius 1 is 1.17 bits per heavy atom. The molecule has 5 rings (SSSR count). The molecule has 3 aliphatic heterocycles. The lowest BCUT2D eigenvalue weighted by Crippen LogP contribution is -2.48. The van der Waals surface area contributed by atoms with Crippen molar-refractivity contribution in [2.24, 2.45) is 9.98 Å². The third-order valence-electron chi connectivity index (χ3n) is 6.45. The first-order valence-corrected chi connectivity index (χ1v) is 11.6. The summed E-state index contributed by atoms with van der Waals surface area (Å²) in [6.07, 6.45) is 6.32. The van der Waals surface area contributed by atoms with Crippen LogP contribution in [0.2, 0.25) is 0 Å². The summed E-state index contributed by atoms with van der Waals surface area (Å²) >= 11 is 0. The van der Waals surface area contributed by atoms with Crippen LogP contribution in [0.1, 0.15) is 25.7 Å². The van der Waals surface area contributed by atoms with E-state index in [4.69, 9.17) is 4.74 Å². The van der Waals surface area contributed by atoms with Crippen LogP contribution in [0.5, 0.6) is 5.88 Å². The van der Waals surface area contributed by atoms with Gasteiger partial charge in [0.15, 0.2) is 5.65 Å². The number of rotatable bonds is 7. The number of piperidine rings is 1. The summed E-state index contributed by atoms with van der Waals surface area (Å²) in [5.74, 6) is 1.81. The van der Waals surface area contributed by atoms with Crippen LogP contribution in [0.3, 0.4) is 0 Å². The van der Waals surface area contributed by atoms with E-state index in [0.29, 0.717) is 54.9 Å². The van der Waals surface area contributed by atoms with E-state index >= 15 is 0 Å². The molecule has 2 aromatic rings. The SMILES string of the molecule is COc1ccc2ncc(=O)n(CCN3CCC(NCC4=NC=C5CCC(=O)N=C5N4)CC3)c2n1.Cl. The van der Waals surface area contributed by atoms with Crippen molar-refractivity contribution in [1.82, 2.24) is 30.1 Å². The molecule has 0 unspecified atom stereocenters. The fourth-order valence-electron chi connectivity index (χ4n) is 4.46. The number of fused-ring (bicyclic) bond motifs is 2. The van der Waals surface area contributed by atoms with Gasteiger partial charge in [0.2, 0.25) is 11.8 Å². The molecule has 0 bridgehead atoms. The van der Waals surface area contributed by atoms with Gasteiger partial charge in [-0.2, -0.15) is 9.98 Å². The van der Waals surface area contributed by atoms with Crippen molar-refractivity contribution in [3.8, 4) is 5.88 Å². The molecule has 0 aliphatic carbocycles. The molecule has 12 heteroatoms. The Hall–Kier alpha value is -3.15. The van der Waals surface area contributed by atoms with Gasteiger partial charge in [-0.05, 0) is 38.4 Å². The number of halogens is 1. The highest BCUT2D eigenvalue weighted by atomic mass is 35.5. The summed E-state index contributed by atoms with van der Waals surface area (Å²) in [5.41, 5.74) is 2.05. The Morgan fingerprint density at radius 3 is 2.80 bits per heavy atom. The molecule has 1 fully saturated rings. The monoisotopic (exact) mass is 500 g/mol. The molecule has 186 valence electrons. The van der Waals surface area contributed by atoms with Crippen molar-refractivity contribution in [3.63, 3.8) is 0 Å². The average Bonchev–Trinajstić information content (AvgIpc) is 2.87. The second-order valence-electron chi connectivity index (χ2n) is 8.65. The predicted molar refractivity (Wildman–Crippen MR) is 135 cm³/mol. The van der Waals surface area contributed by atoms with Crippen molar-refractivity contribution in [1.29, 1.82) is 0 Å². The van der Waals surface area contributed by atoms with Crippen LogP contribution in [-0.2, 0) is 11.3 Å². The van der Waals surface area contributed by atoms with Gasteiger partial charge in [-0.25, -0.2) is 9.98 Å². The Bertz CT molecular complexity index is 1250. The Labute approximate surface area is 208 Å². The van der Waals surface area contributed by atoms with Gasteiger partial charge in [0, 0.05) is 43.4 Å². The number of amides is 1. The number of hydrogen-bond acceptors (Lipinski definition) is 9. The number of amidine groups is 2. The molecule has 1 saturated heterocycles. The number of carbonyl (C=O) groups is 1. The second-order valence-corrected chi connectivity index (χ2v) is 8.65. The number of pyridine rings is 1. The summed E-state index contributed by atoms with van der Waals surface area (Å²) in [6, 6.07) is 3.94. The molecule has 0 atom stereocenters. The summed E-state index contributed by atoms with van der Waals surface area (Å²) in [6.45, 7) is 3.80. The average molecular weight is 501 g/mol. The van der Waals surface area contributed by atoms with Crippen LogP contribution in [0, 0.1) is 0 Å². The molecule has 35 heavy (non-hydrogen) atoms. The summed E-state index contributed by atoms with van der Waals surface area (Å²) in [5, 5.41) is 6.75. The molecule has 1 amide bonds. The first kappa shape index (κ1) is 25.0. The largest absolute Gasteiger partial charge is 0.481 e. The van der Waals surface area contributed by atoms with Gasteiger partial charge in [-0.3, -0.25) is 14.2 Å². The minimum absolute atomic E-state index is 0. The minimum atomic E-state index is -0.160. The highest BCUT2D eigenvalue weighted by Crippen LogP contribution is 2.17. The van der Waals surface area contributed by atoms with Gasteiger partial charge in [-0.15, -0.1) is 12.4 Å². The van der Waals surface area contributed by atoms with Crippen molar-refractivity contribution in [2.75, 3.05) is 33.3 Å². The molecule has 2 N–H and O–H groups in total. The van der Waals surface area contributed by atoms with E-state index in [0.717, 1.165) is 43.9 Å². The normalized spacial score (nSPS) is 18.7. The van der Waals surface area contributed by atoms with Gasteiger partial charge < -0.3 is 20.3 Å². The van der Waals surface area contributed by atoms with E-state index in [2.05, 4.69) is 35.5 Å². The molecule has 0 saturated carbocycles. The highest BCUT2D eigenvalue weighted by molar-refractivity contribution is 6.16. The number of nitrogens with zero attached hydrogens (tertiary/aromatic N) is 6. The van der Waals surface area contributed by atoms with E-state index in [-0.39, 0.29) is 23.9 Å². The third kappa shape index (κ3) is 5.75. The van der Waals surface area contributed by atoms with Crippen molar-refractivity contribution < 1.29 is 9.53 Å². The fourth-order valence-corrected chi connectivity index (χ4v) is 4.46. The second kappa shape index (κ2) is 11.1. The molecule has 5 heterocycles. The standard InChI is InChI=1S/C23H28N8O3.ClH/c1-34-20-5-3-17-23(29-20)31(21(33)14-25-17)11-10-30-8-6-16(7-9-30)24-13-18-26-12-15-2-4-19(32)28-22(15)27-18;/h3,5,12,14,16,24H,2,4,6-11,13H2,1H3,(H,26,27,28,32);1H. The van der Waals surface area contributed by atoms with E-state index in [1.54, 1.807) is 17.7 Å². The molecular weight excluding hydrogens is 472 g/mol. The van der Waals surface area contributed by atoms with Crippen LogP contribution >= 0.6 is 12.4 Å². The maximum absolute atomic E-state index is 12.4. The number of aromatic nitrogens is 3. The van der Waals surface area contributed by atoms with Crippen LogP contribution in [0.25, 0.3) is 11.2 Å². The molecular formula is C23H29ClN8O3. The summed E-state index contributed by atoms with van der Waals surface area (Å²) < 4.78 is 6.88. The van der Waals surface area contributed by atoms with Crippen LogP contribution in [0.4, 0.5) is 0 Å². The summed E-state index contributed by atoms with van der Waals surface area (Å²) in [7, 11) is 1.56. The molecule has 0 spiro atoms. The number of ether oxygens (including phenoxy) is 1. The minimum Gasteiger partial charge on any atom is -0.481 e. The predicted octanol–water partition coefficient (Wildman–Crippen LogP) is 0.880. The maximum Gasteiger partial charge on any atom is 0.270 e. The lowest BCUT2D eigenvalue weighted by atomic mass is 10.0.